The summed E-state index contributed by atoms with van der Waals surface area (Å²) in [6.45, 7) is 2.97. The molecule has 0 rings (SSSR count). The molecule has 0 fully saturated rings. The van der Waals surface area contributed by atoms with E-state index < -0.39 is 0 Å². The average molecular weight is 173 g/mol. The van der Waals surface area contributed by atoms with E-state index >= 15 is 0 Å². The van der Waals surface area contributed by atoms with E-state index in [0.29, 0.717) is 5.92 Å². The summed E-state index contributed by atoms with van der Waals surface area (Å²) in [7, 11) is 0. The fourth-order valence-electron chi connectivity index (χ4n) is 1.30. The number of nitrogens with two attached hydrogens (primary N) is 3. The molecule has 0 bridgehead atoms. The monoisotopic (exact) mass is 173 g/mol. The Morgan fingerprint density at radius 2 is 1.75 bits per heavy atom. The summed E-state index contributed by atoms with van der Waals surface area (Å²) in [6, 6.07) is 0. The van der Waals surface area contributed by atoms with E-state index in [-0.39, 0.29) is 6.17 Å². The Morgan fingerprint density at radius 1 is 1.08 bits per heavy atom. The highest BCUT2D eigenvalue weighted by Crippen LogP contribution is 2.13. The molecule has 0 aliphatic rings. The fourth-order valence-corrected chi connectivity index (χ4v) is 1.30. The normalized spacial score (nSPS) is 13.8. The van der Waals surface area contributed by atoms with Crippen LogP contribution in [0.15, 0.2) is 0 Å². The van der Waals surface area contributed by atoms with Gasteiger partial charge < -0.3 is 17.2 Å². The van der Waals surface area contributed by atoms with E-state index in [2.05, 4.69) is 6.92 Å². The SMILES string of the molecule is CCCCC(CN)CCC(N)N. The molecule has 0 spiro atoms. The quantitative estimate of drug-likeness (QED) is 0.498. The fraction of sp³-hybridized carbons (Fsp3) is 1.00. The Labute approximate surface area is 75.7 Å². The summed E-state index contributed by atoms with van der Waals surface area (Å²) in [5, 5.41) is 0. The molecule has 0 heterocycles. The molecule has 0 aliphatic heterocycles. The van der Waals surface area contributed by atoms with Crippen LogP contribution in [0.5, 0.6) is 0 Å². The topological polar surface area (TPSA) is 78.1 Å². The first-order valence-corrected chi connectivity index (χ1v) is 4.92. The van der Waals surface area contributed by atoms with Crippen LogP contribution in [0.1, 0.15) is 39.0 Å². The second-order valence-electron chi connectivity index (χ2n) is 3.49. The maximum absolute atomic E-state index is 5.62. The second-order valence-corrected chi connectivity index (χ2v) is 3.49. The van der Waals surface area contributed by atoms with E-state index in [1.807, 2.05) is 0 Å². The van der Waals surface area contributed by atoms with Crippen molar-refractivity contribution in [3.8, 4) is 0 Å². The molecule has 0 aromatic heterocycles. The van der Waals surface area contributed by atoms with Gasteiger partial charge in [0.25, 0.3) is 0 Å². The number of hydrogen-bond acceptors (Lipinski definition) is 3. The third-order valence-electron chi connectivity index (χ3n) is 2.21. The molecule has 1 atom stereocenters. The lowest BCUT2D eigenvalue weighted by Crippen LogP contribution is -2.31. The van der Waals surface area contributed by atoms with Crippen LogP contribution in [-0.4, -0.2) is 12.7 Å². The van der Waals surface area contributed by atoms with Crippen molar-refractivity contribution in [2.75, 3.05) is 6.54 Å². The van der Waals surface area contributed by atoms with Crippen LogP contribution in [-0.2, 0) is 0 Å². The second kappa shape index (κ2) is 7.53. The molecule has 3 nitrogen and oxygen atoms in total. The molecule has 1 unspecified atom stereocenters. The Bertz CT molecular complexity index is 93.8. The average Bonchev–Trinajstić information content (AvgIpc) is 2.05. The van der Waals surface area contributed by atoms with E-state index in [1.54, 1.807) is 0 Å². The Kier molecular flexibility index (Phi) is 7.45. The first-order valence-electron chi connectivity index (χ1n) is 4.92. The summed E-state index contributed by atoms with van der Waals surface area (Å²) < 4.78 is 0. The minimum Gasteiger partial charge on any atom is -0.330 e. The predicted molar refractivity (Wildman–Crippen MR) is 53.5 cm³/mol. The third kappa shape index (κ3) is 6.58. The summed E-state index contributed by atoms with van der Waals surface area (Å²) in [5.41, 5.74) is 16.5. The standard InChI is InChI=1S/C9H23N3/c1-2-3-4-8(7-10)5-6-9(11)12/h8-9H,2-7,10-12H2,1H3. The van der Waals surface area contributed by atoms with Gasteiger partial charge in [-0.1, -0.05) is 19.8 Å². The lowest BCUT2D eigenvalue weighted by molar-refractivity contribution is 0.412. The first-order chi connectivity index (χ1) is 5.70. The van der Waals surface area contributed by atoms with Crippen molar-refractivity contribution in [1.82, 2.24) is 0 Å². The molecular formula is C9H23N3. The molecule has 0 aliphatic carbocycles. The van der Waals surface area contributed by atoms with Crippen molar-refractivity contribution in [1.29, 1.82) is 0 Å². The van der Waals surface area contributed by atoms with Gasteiger partial charge in [0.15, 0.2) is 0 Å². The van der Waals surface area contributed by atoms with Crippen LogP contribution < -0.4 is 17.2 Å². The van der Waals surface area contributed by atoms with Crippen LogP contribution in [0, 0.1) is 5.92 Å². The predicted octanol–water partition coefficient (Wildman–Crippen LogP) is 0.775. The minimum atomic E-state index is -0.166. The zero-order chi connectivity index (χ0) is 9.40. The van der Waals surface area contributed by atoms with Gasteiger partial charge in [0, 0.05) is 0 Å². The molecule has 6 N–H and O–H groups in total. The van der Waals surface area contributed by atoms with Crippen molar-refractivity contribution in [3.05, 3.63) is 0 Å². The van der Waals surface area contributed by atoms with E-state index in [1.165, 1.54) is 19.3 Å². The first kappa shape index (κ1) is 11.9. The Balaban J connectivity index is 3.39. The van der Waals surface area contributed by atoms with Crippen LogP contribution >= 0.6 is 0 Å². The highest BCUT2D eigenvalue weighted by Gasteiger charge is 2.06. The van der Waals surface area contributed by atoms with Crippen molar-refractivity contribution >= 4 is 0 Å². The Hall–Kier alpha value is -0.120. The molecule has 74 valence electrons. The lowest BCUT2D eigenvalue weighted by Gasteiger charge is -2.14. The third-order valence-corrected chi connectivity index (χ3v) is 2.21. The summed E-state index contributed by atoms with van der Waals surface area (Å²) in [6.07, 6.45) is 5.53. The van der Waals surface area contributed by atoms with Gasteiger partial charge in [0.2, 0.25) is 0 Å². The zero-order valence-electron chi connectivity index (χ0n) is 8.13. The van der Waals surface area contributed by atoms with Crippen LogP contribution in [0.2, 0.25) is 0 Å². The number of unbranched alkanes of at least 4 members (excludes halogenated alkanes) is 1. The zero-order valence-corrected chi connectivity index (χ0v) is 8.13. The molecule has 0 amide bonds. The van der Waals surface area contributed by atoms with Gasteiger partial charge in [0.1, 0.15) is 0 Å². The van der Waals surface area contributed by atoms with Crippen molar-refractivity contribution in [2.45, 2.75) is 45.2 Å². The van der Waals surface area contributed by atoms with Gasteiger partial charge in [-0.25, -0.2) is 0 Å². The smallest absolute Gasteiger partial charge is 0.0520 e. The van der Waals surface area contributed by atoms with Gasteiger partial charge in [-0.2, -0.15) is 0 Å². The molecular weight excluding hydrogens is 150 g/mol. The van der Waals surface area contributed by atoms with Crippen molar-refractivity contribution < 1.29 is 0 Å². The number of rotatable bonds is 7. The maximum Gasteiger partial charge on any atom is 0.0520 e. The van der Waals surface area contributed by atoms with E-state index in [9.17, 15) is 0 Å². The Morgan fingerprint density at radius 3 is 2.17 bits per heavy atom. The summed E-state index contributed by atoms with van der Waals surface area (Å²) >= 11 is 0. The molecule has 0 saturated carbocycles. The maximum atomic E-state index is 5.62. The van der Waals surface area contributed by atoms with E-state index in [4.69, 9.17) is 17.2 Å². The molecule has 0 radical (unpaired) electrons. The largest absolute Gasteiger partial charge is 0.330 e. The lowest BCUT2D eigenvalue weighted by atomic mass is 9.96. The van der Waals surface area contributed by atoms with Crippen LogP contribution in [0.4, 0.5) is 0 Å². The van der Waals surface area contributed by atoms with Gasteiger partial charge >= 0.3 is 0 Å². The van der Waals surface area contributed by atoms with Gasteiger partial charge in [-0.3, -0.25) is 0 Å². The van der Waals surface area contributed by atoms with Crippen molar-refractivity contribution in [2.24, 2.45) is 23.1 Å². The molecule has 0 aromatic carbocycles. The van der Waals surface area contributed by atoms with Gasteiger partial charge in [-0.05, 0) is 31.7 Å². The van der Waals surface area contributed by atoms with Gasteiger partial charge in [-0.15, -0.1) is 0 Å². The molecule has 0 saturated heterocycles. The number of hydrogen-bond donors (Lipinski definition) is 3. The summed E-state index contributed by atoms with van der Waals surface area (Å²) in [4.78, 5) is 0. The van der Waals surface area contributed by atoms with Gasteiger partial charge in [0.05, 0.1) is 6.17 Å². The minimum absolute atomic E-state index is 0.166. The molecule has 3 heteroatoms. The highest BCUT2D eigenvalue weighted by molar-refractivity contribution is 4.62. The highest BCUT2D eigenvalue weighted by atomic mass is 14.8. The van der Waals surface area contributed by atoms with Crippen LogP contribution in [0.25, 0.3) is 0 Å². The molecule has 0 aromatic rings. The van der Waals surface area contributed by atoms with Crippen LogP contribution in [0.3, 0.4) is 0 Å². The molecule has 12 heavy (non-hydrogen) atoms. The van der Waals surface area contributed by atoms with E-state index in [0.717, 1.165) is 19.4 Å². The summed E-state index contributed by atoms with van der Waals surface area (Å²) in [5.74, 6) is 0.625. The van der Waals surface area contributed by atoms with Crippen molar-refractivity contribution in [3.63, 3.8) is 0 Å².